The maximum atomic E-state index is 14.2. The molecule has 0 saturated carbocycles. The number of nitrogens with one attached hydrogen (secondary N) is 1. The molecule has 2 aliphatic rings. The number of hydrogen-bond acceptors (Lipinski definition) is 5. The Bertz CT molecular complexity index is 1090. The molecule has 33 heavy (non-hydrogen) atoms. The first-order chi connectivity index (χ1) is 15.6. The van der Waals surface area contributed by atoms with E-state index >= 15 is 0 Å². The Kier molecular flexibility index (Phi) is 6.46. The van der Waals surface area contributed by atoms with Crippen LogP contribution in [0.4, 0.5) is 13.2 Å². The lowest BCUT2D eigenvalue weighted by atomic mass is 9.89. The monoisotopic (exact) mass is 500 g/mol. The van der Waals surface area contributed by atoms with Crippen LogP contribution in [0.5, 0.6) is 0 Å². The average Bonchev–Trinajstić information content (AvgIpc) is 3.37. The van der Waals surface area contributed by atoms with Crippen molar-refractivity contribution in [2.45, 2.75) is 51.1 Å². The Hall–Kier alpha value is -2.52. The molecular formula is C22H21Cl2F3N4O2. The van der Waals surface area contributed by atoms with E-state index in [9.17, 15) is 18.0 Å². The summed E-state index contributed by atoms with van der Waals surface area (Å²) in [6.07, 6.45) is -1.89. The van der Waals surface area contributed by atoms with Gasteiger partial charge in [-0.2, -0.15) is 13.2 Å². The van der Waals surface area contributed by atoms with Crippen molar-refractivity contribution in [1.29, 1.82) is 0 Å². The van der Waals surface area contributed by atoms with Crippen LogP contribution in [0.25, 0.3) is 0 Å². The van der Waals surface area contributed by atoms with Gasteiger partial charge in [0.2, 0.25) is 0 Å². The van der Waals surface area contributed by atoms with Crippen LogP contribution in [-0.2, 0) is 23.5 Å². The predicted molar refractivity (Wildman–Crippen MR) is 118 cm³/mol. The fourth-order valence-corrected chi connectivity index (χ4v) is 4.43. The van der Waals surface area contributed by atoms with Gasteiger partial charge in [-0.15, -0.1) is 0 Å². The standard InChI is InChI=1S/C22H21Cl2F3N4O2/c1-2-3-4-28-20(32)18-5-13-11-31(12-14(13)10-29-18)19-9-21(33-30-19,22(25,26)27)15-6-16(23)8-17(24)7-15/h5-8,10H,2-4,9,11-12H2,1H3,(H,28,32). The lowest BCUT2D eigenvalue weighted by Gasteiger charge is -2.30. The van der Waals surface area contributed by atoms with E-state index in [0.717, 1.165) is 24.0 Å². The minimum Gasteiger partial charge on any atom is -0.372 e. The molecule has 3 heterocycles. The first-order valence-corrected chi connectivity index (χ1v) is 11.2. The van der Waals surface area contributed by atoms with Crippen molar-refractivity contribution in [2.75, 3.05) is 6.54 Å². The molecule has 1 aromatic heterocycles. The number of aromatic nitrogens is 1. The summed E-state index contributed by atoms with van der Waals surface area (Å²) in [5.74, 6) is -0.131. The maximum Gasteiger partial charge on any atom is 0.435 e. The second-order valence-electron chi connectivity index (χ2n) is 8.06. The third-order valence-corrected chi connectivity index (χ3v) is 6.16. The number of alkyl halides is 3. The minimum atomic E-state index is -4.76. The third-order valence-electron chi connectivity index (χ3n) is 5.72. The van der Waals surface area contributed by atoms with Crippen molar-refractivity contribution < 1.29 is 22.8 Å². The van der Waals surface area contributed by atoms with Gasteiger partial charge in [-0.25, -0.2) is 0 Å². The Morgan fingerprint density at radius 1 is 1.18 bits per heavy atom. The van der Waals surface area contributed by atoms with Gasteiger partial charge in [-0.05, 0) is 41.8 Å². The highest BCUT2D eigenvalue weighted by Gasteiger charge is 2.63. The highest BCUT2D eigenvalue weighted by molar-refractivity contribution is 6.34. The number of fused-ring (bicyclic) bond motifs is 1. The summed E-state index contributed by atoms with van der Waals surface area (Å²) in [5, 5.41) is 6.75. The van der Waals surface area contributed by atoms with Crippen molar-refractivity contribution in [3.63, 3.8) is 0 Å². The Morgan fingerprint density at radius 3 is 2.55 bits per heavy atom. The number of oxime groups is 1. The van der Waals surface area contributed by atoms with Gasteiger partial charge in [-0.3, -0.25) is 9.78 Å². The first-order valence-electron chi connectivity index (χ1n) is 10.4. The van der Waals surface area contributed by atoms with E-state index in [1.54, 1.807) is 17.2 Å². The maximum absolute atomic E-state index is 14.2. The highest BCUT2D eigenvalue weighted by atomic mass is 35.5. The molecule has 1 amide bonds. The minimum absolute atomic E-state index is 0.0718. The van der Waals surface area contributed by atoms with Crippen LogP contribution in [0, 0.1) is 0 Å². The fraction of sp³-hybridized carbons (Fsp3) is 0.409. The van der Waals surface area contributed by atoms with E-state index < -0.39 is 18.2 Å². The summed E-state index contributed by atoms with van der Waals surface area (Å²) < 4.78 is 42.6. The molecule has 6 nitrogen and oxygen atoms in total. The van der Waals surface area contributed by atoms with E-state index in [-0.39, 0.29) is 33.0 Å². The van der Waals surface area contributed by atoms with Gasteiger partial charge in [0.1, 0.15) is 11.5 Å². The zero-order valence-electron chi connectivity index (χ0n) is 17.7. The molecule has 11 heteroatoms. The molecule has 1 unspecified atom stereocenters. The molecule has 2 aliphatic heterocycles. The summed E-state index contributed by atoms with van der Waals surface area (Å²) in [6, 6.07) is 5.39. The van der Waals surface area contributed by atoms with Gasteiger partial charge in [0, 0.05) is 41.4 Å². The van der Waals surface area contributed by atoms with E-state index in [2.05, 4.69) is 15.5 Å². The average molecular weight is 501 g/mol. The number of halogens is 5. The summed E-state index contributed by atoms with van der Waals surface area (Å²) in [4.78, 5) is 23.2. The molecule has 0 spiro atoms. The lowest BCUT2D eigenvalue weighted by Crippen LogP contribution is -2.43. The largest absolute Gasteiger partial charge is 0.435 e. The van der Waals surface area contributed by atoms with Gasteiger partial charge in [0.25, 0.3) is 11.5 Å². The number of amides is 1. The number of nitrogens with zero attached hydrogens (tertiary/aromatic N) is 3. The number of rotatable bonds is 5. The first kappa shape index (κ1) is 23.6. The van der Waals surface area contributed by atoms with E-state index in [0.29, 0.717) is 19.6 Å². The molecular weight excluding hydrogens is 480 g/mol. The third kappa shape index (κ3) is 4.61. The number of amidine groups is 1. The summed E-state index contributed by atoms with van der Waals surface area (Å²) in [7, 11) is 0. The van der Waals surface area contributed by atoms with Crippen LogP contribution in [0.2, 0.25) is 10.0 Å². The Morgan fingerprint density at radius 2 is 1.88 bits per heavy atom. The van der Waals surface area contributed by atoms with Gasteiger partial charge in [0.15, 0.2) is 0 Å². The van der Waals surface area contributed by atoms with Crippen LogP contribution < -0.4 is 5.32 Å². The normalized spacial score (nSPS) is 19.8. The Labute approximate surface area is 198 Å². The molecule has 0 radical (unpaired) electrons. The molecule has 176 valence electrons. The van der Waals surface area contributed by atoms with Gasteiger partial charge in [0.05, 0.1) is 6.42 Å². The molecule has 0 saturated heterocycles. The molecule has 0 aliphatic carbocycles. The van der Waals surface area contributed by atoms with Crippen LogP contribution in [0.15, 0.2) is 35.6 Å². The zero-order valence-corrected chi connectivity index (χ0v) is 19.2. The van der Waals surface area contributed by atoms with Crippen molar-refractivity contribution in [3.05, 3.63) is 62.9 Å². The molecule has 1 atom stereocenters. The SMILES string of the molecule is CCCCNC(=O)c1cc2c(cn1)CN(C1=NOC(c3cc(Cl)cc(Cl)c3)(C(F)(F)F)C1)C2. The smallest absolute Gasteiger partial charge is 0.372 e. The van der Waals surface area contributed by atoms with Crippen LogP contribution in [-0.4, -0.2) is 34.3 Å². The van der Waals surface area contributed by atoms with Crippen molar-refractivity contribution >= 4 is 34.9 Å². The van der Waals surface area contributed by atoms with Crippen molar-refractivity contribution in [1.82, 2.24) is 15.2 Å². The van der Waals surface area contributed by atoms with Crippen LogP contribution in [0.1, 0.15) is 53.4 Å². The molecule has 0 bridgehead atoms. The number of pyridine rings is 1. The second kappa shape index (κ2) is 9.02. The van der Waals surface area contributed by atoms with E-state index in [1.807, 2.05) is 6.92 Å². The molecule has 1 aromatic carbocycles. The Balaban J connectivity index is 1.52. The fourth-order valence-electron chi connectivity index (χ4n) is 3.90. The number of unbranched alkanes of at least 4 members (excludes halogenated alkanes) is 1. The second-order valence-corrected chi connectivity index (χ2v) is 8.94. The van der Waals surface area contributed by atoms with Crippen LogP contribution in [0.3, 0.4) is 0 Å². The molecule has 1 N–H and O–H groups in total. The lowest BCUT2D eigenvalue weighted by molar-refractivity contribution is -0.275. The van der Waals surface area contributed by atoms with Gasteiger partial charge in [-0.1, -0.05) is 41.7 Å². The van der Waals surface area contributed by atoms with E-state index in [1.165, 1.54) is 18.2 Å². The van der Waals surface area contributed by atoms with Gasteiger partial charge >= 0.3 is 6.18 Å². The summed E-state index contributed by atoms with van der Waals surface area (Å²) in [5.41, 5.74) is -0.999. The van der Waals surface area contributed by atoms with Crippen molar-refractivity contribution in [3.8, 4) is 0 Å². The molecule has 0 fully saturated rings. The topological polar surface area (TPSA) is 66.8 Å². The molecule has 4 rings (SSSR count). The molecule has 2 aromatic rings. The van der Waals surface area contributed by atoms with Crippen LogP contribution >= 0.6 is 23.2 Å². The zero-order chi connectivity index (χ0) is 23.8. The van der Waals surface area contributed by atoms with E-state index in [4.69, 9.17) is 28.0 Å². The number of carbonyl (C=O) groups is 1. The van der Waals surface area contributed by atoms with Gasteiger partial charge < -0.3 is 15.1 Å². The number of hydrogen-bond donors (Lipinski definition) is 1. The highest BCUT2D eigenvalue weighted by Crippen LogP contribution is 2.49. The number of carbonyl (C=O) groups excluding carboxylic acids is 1. The van der Waals surface area contributed by atoms with Crippen molar-refractivity contribution in [2.24, 2.45) is 5.16 Å². The number of benzene rings is 1. The quantitative estimate of drug-likeness (QED) is 0.556. The summed E-state index contributed by atoms with van der Waals surface area (Å²) in [6.45, 7) is 3.19. The predicted octanol–water partition coefficient (Wildman–Crippen LogP) is 5.43. The summed E-state index contributed by atoms with van der Waals surface area (Å²) >= 11 is 11.9.